The molecule has 0 fully saturated rings. The van der Waals surface area contributed by atoms with Crippen LogP contribution in [0.1, 0.15) is 36.2 Å². The van der Waals surface area contributed by atoms with Crippen molar-refractivity contribution in [2.75, 3.05) is 0 Å². The van der Waals surface area contributed by atoms with Crippen molar-refractivity contribution in [1.29, 1.82) is 0 Å². The van der Waals surface area contributed by atoms with Gasteiger partial charge < -0.3 is 10.4 Å². The number of carbonyl (C=O) groups excluding carboxylic acids is 1. The molecule has 0 saturated heterocycles. The number of aryl methyl sites for hydroxylation is 1. The molecule has 0 aromatic heterocycles. The van der Waals surface area contributed by atoms with Gasteiger partial charge in [-0.2, -0.15) is 0 Å². The third-order valence-electron chi connectivity index (χ3n) is 2.84. The van der Waals surface area contributed by atoms with Crippen LogP contribution in [0.2, 0.25) is 0 Å². The summed E-state index contributed by atoms with van der Waals surface area (Å²) in [4.78, 5) is 22.9. The van der Waals surface area contributed by atoms with Crippen LogP contribution in [0, 0.1) is 0 Å². The Labute approximate surface area is 113 Å². The molecule has 0 aliphatic rings. The summed E-state index contributed by atoms with van der Waals surface area (Å²) in [5.41, 5.74) is 1.61. The summed E-state index contributed by atoms with van der Waals surface area (Å²) in [5, 5.41) is 11.5. The van der Waals surface area contributed by atoms with Crippen molar-refractivity contribution in [2.45, 2.75) is 32.7 Å². The number of aliphatic carboxylic acids is 1. The molecule has 0 saturated carbocycles. The molecular formula is C15H19NO3. The second-order valence-electron chi connectivity index (χ2n) is 4.22. The highest BCUT2D eigenvalue weighted by Gasteiger charge is 2.18. The van der Waals surface area contributed by atoms with Gasteiger partial charge in [-0.25, -0.2) is 4.79 Å². The number of allylic oxidation sites excluding steroid dienone is 1. The molecule has 0 aliphatic carbocycles. The van der Waals surface area contributed by atoms with Gasteiger partial charge in [-0.05, 0) is 37.5 Å². The zero-order valence-corrected chi connectivity index (χ0v) is 11.2. The van der Waals surface area contributed by atoms with Crippen LogP contribution >= 0.6 is 0 Å². The zero-order chi connectivity index (χ0) is 14.3. The van der Waals surface area contributed by atoms with Gasteiger partial charge in [-0.3, -0.25) is 4.79 Å². The molecule has 1 aromatic rings. The summed E-state index contributed by atoms with van der Waals surface area (Å²) in [6.45, 7) is 3.84. The van der Waals surface area contributed by atoms with Crippen LogP contribution in [0.25, 0.3) is 0 Å². The molecular weight excluding hydrogens is 242 g/mol. The maximum atomic E-state index is 11.9. The van der Waals surface area contributed by atoms with Crippen molar-refractivity contribution in [3.63, 3.8) is 0 Å². The standard InChI is InChI=1S/C15H19NO3/c1-3-5-6-13(15(18)19)16-14(17)12-9-7-11(4-2)8-10-12/h3,5,7-10,13H,4,6H2,1-2H3,(H,16,17)(H,18,19)/b5-3+. The van der Waals surface area contributed by atoms with Gasteiger partial charge in [-0.1, -0.05) is 31.2 Å². The van der Waals surface area contributed by atoms with Crippen molar-refractivity contribution in [3.05, 3.63) is 47.5 Å². The van der Waals surface area contributed by atoms with Crippen LogP contribution in [-0.4, -0.2) is 23.0 Å². The van der Waals surface area contributed by atoms with Crippen LogP contribution in [0.3, 0.4) is 0 Å². The minimum atomic E-state index is -1.03. The van der Waals surface area contributed by atoms with Gasteiger partial charge in [0.25, 0.3) is 5.91 Å². The molecule has 4 nitrogen and oxygen atoms in total. The van der Waals surface area contributed by atoms with Gasteiger partial charge in [0.2, 0.25) is 0 Å². The molecule has 102 valence electrons. The Morgan fingerprint density at radius 1 is 1.32 bits per heavy atom. The van der Waals surface area contributed by atoms with E-state index >= 15 is 0 Å². The maximum absolute atomic E-state index is 11.9. The first-order valence-corrected chi connectivity index (χ1v) is 6.32. The fraction of sp³-hybridized carbons (Fsp3) is 0.333. The van der Waals surface area contributed by atoms with E-state index in [2.05, 4.69) is 5.32 Å². The quantitative estimate of drug-likeness (QED) is 0.773. The monoisotopic (exact) mass is 261 g/mol. The molecule has 0 heterocycles. The van der Waals surface area contributed by atoms with E-state index in [0.29, 0.717) is 5.56 Å². The average molecular weight is 261 g/mol. The average Bonchev–Trinajstić information content (AvgIpc) is 2.43. The largest absolute Gasteiger partial charge is 0.480 e. The zero-order valence-electron chi connectivity index (χ0n) is 11.2. The van der Waals surface area contributed by atoms with E-state index in [1.54, 1.807) is 24.3 Å². The molecule has 1 aromatic carbocycles. The second-order valence-corrected chi connectivity index (χ2v) is 4.22. The first kappa shape index (κ1) is 15.0. The lowest BCUT2D eigenvalue weighted by Crippen LogP contribution is -2.40. The molecule has 0 aliphatic heterocycles. The molecule has 0 radical (unpaired) electrons. The number of hydrogen-bond donors (Lipinski definition) is 2. The smallest absolute Gasteiger partial charge is 0.326 e. The van der Waals surface area contributed by atoms with Crippen molar-refractivity contribution in [1.82, 2.24) is 5.32 Å². The van der Waals surface area contributed by atoms with Gasteiger partial charge in [0.15, 0.2) is 0 Å². The number of nitrogens with one attached hydrogen (secondary N) is 1. The molecule has 1 unspecified atom stereocenters. The fourth-order valence-electron chi connectivity index (χ4n) is 1.63. The van der Waals surface area contributed by atoms with Crippen molar-refractivity contribution in [3.8, 4) is 0 Å². The summed E-state index contributed by atoms with van der Waals surface area (Å²) in [6.07, 6.45) is 4.67. The van der Waals surface area contributed by atoms with Gasteiger partial charge in [0.05, 0.1) is 0 Å². The number of rotatable bonds is 6. The summed E-state index contributed by atoms with van der Waals surface area (Å²) >= 11 is 0. The summed E-state index contributed by atoms with van der Waals surface area (Å²) < 4.78 is 0. The normalized spacial score (nSPS) is 12.3. The lowest BCUT2D eigenvalue weighted by Gasteiger charge is -2.12. The predicted octanol–water partition coefficient (Wildman–Crippen LogP) is 2.40. The molecule has 0 bridgehead atoms. The lowest BCUT2D eigenvalue weighted by molar-refractivity contribution is -0.139. The van der Waals surface area contributed by atoms with E-state index in [1.165, 1.54) is 0 Å². The van der Waals surface area contributed by atoms with Crippen LogP contribution in [0.15, 0.2) is 36.4 Å². The van der Waals surface area contributed by atoms with Crippen LogP contribution in [-0.2, 0) is 11.2 Å². The van der Waals surface area contributed by atoms with E-state index in [0.717, 1.165) is 12.0 Å². The van der Waals surface area contributed by atoms with E-state index in [1.807, 2.05) is 26.0 Å². The molecule has 2 N–H and O–H groups in total. The number of hydrogen-bond acceptors (Lipinski definition) is 2. The van der Waals surface area contributed by atoms with Crippen LogP contribution in [0.5, 0.6) is 0 Å². The fourth-order valence-corrected chi connectivity index (χ4v) is 1.63. The van der Waals surface area contributed by atoms with Crippen molar-refractivity contribution >= 4 is 11.9 Å². The Hall–Kier alpha value is -2.10. The molecule has 1 amide bonds. The number of benzene rings is 1. The Morgan fingerprint density at radius 2 is 1.95 bits per heavy atom. The summed E-state index contributed by atoms with van der Waals surface area (Å²) in [5.74, 6) is -1.39. The summed E-state index contributed by atoms with van der Waals surface area (Å²) in [6, 6.07) is 6.27. The van der Waals surface area contributed by atoms with Crippen molar-refractivity contribution < 1.29 is 14.7 Å². The maximum Gasteiger partial charge on any atom is 0.326 e. The topological polar surface area (TPSA) is 66.4 Å². The number of carboxylic acids is 1. The van der Waals surface area contributed by atoms with Crippen LogP contribution < -0.4 is 5.32 Å². The SMILES string of the molecule is C/C=C/CC(NC(=O)c1ccc(CC)cc1)C(=O)O. The van der Waals surface area contributed by atoms with Gasteiger partial charge in [0.1, 0.15) is 6.04 Å². The third-order valence-corrected chi connectivity index (χ3v) is 2.84. The first-order valence-electron chi connectivity index (χ1n) is 6.32. The van der Waals surface area contributed by atoms with Gasteiger partial charge in [0, 0.05) is 5.56 Å². The number of carbonyl (C=O) groups is 2. The summed E-state index contributed by atoms with van der Waals surface area (Å²) in [7, 11) is 0. The molecule has 1 atom stereocenters. The Bertz CT molecular complexity index is 463. The van der Waals surface area contributed by atoms with Crippen molar-refractivity contribution in [2.24, 2.45) is 0 Å². The Balaban J connectivity index is 2.72. The molecule has 1 rings (SSSR count). The van der Waals surface area contributed by atoms with E-state index in [9.17, 15) is 9.59 Å². The molecule has 0 spiro atoms. The van der Waals surface area contributed by atoms with Gasteiger partial charge in [-0.15, -0.1) is 0 Å². The Kier molecular flexibility index (Phi) is 5.79. The lowest BCUT2D eigenvalue weighted by atomic mass is 10.1. The second kappa shape index (κ2) is 7.36. The minimum Gasteiger partial charge on any atom is -0.480 e. The molecule has 19 heavy (non-hydrogen) atoms. The number of amides is 1. The van der Waals surface area contributed by atoms with E-state index in [4.69, 9.17) is 5.11 Å². The third kappa shape index (κ3) is 4.58. The minimum absolute atomic E-state index is 0.282. The Morgan fingerprint density at radius 3 is 2.42 bits per heavy atom. The van der Waals surface area contributed by atoms with E-state index in [-0.39, 0.29) is 12.3 Å². The highest BCUT2D eigenvalue weighted by molar-refractivity contribution is 5.96. The van der Waals surface area contributed by atoms with Crippen LogP contribution in [0.4, 0.5) is 0 Å². The number of carboxylic acid groups (broad SMARTS) is 1. The highest BCUT2D eigenvalue weighted by Crippen LogP contribution is 2.06. The predicted molar refractivity (Wildman–Crippen MR) is 74.1 cm³/mol. The first-order chi connectivity index (χ1) is 9.08. The van der Waals surface area contributed by atoms with Gasteiger partial charge >= 0.3 is 5.97 Å². The highest BCUT2D eigenvalue weighted by atomic mass is 16.4. The molecule has 4 heteroatoms. The van der Waals surface area contributed by atoms with E-state index < -0.39 is 12.0 Å².